The van der Waals surface area contributed by atoms with E-state index < -0.39 is 10.0 Å². The Bertz CT molecular complexity index is 460. The van der Waals surface area contributed by atoms with Crippen molar-refractivity contribution < 1.29 is 8.42 Å². The van der Waals surface area contributed by atoms with Crippen LogP contribution in [-0.4, -0.2) is 31.7 Å². The molecule has 0 radical (unpaired) electrons. The van der Waals surface area contributed by atoms with Crippen molar-refractivity contribution in [3.8, 4) is 0 Å². The van der Waals surface area contributed by atoms with Crippen molar-refractivity contribution >= 4 is 10.0 Å². The monoisotopic (exact) mass is 285 g/mol. The van der Waals surface area contributed by atoms with Gasteiger partial charge in [0.2, 0.25) is 10.0 Å². The van der Waals surface area contributed by atoms with Crippen molar-refractivity contribution in [3.63, 3.8) is 0 Å². The lowest BCUT2D eigenvalue weighted by molar-refractivity contribution is 0.551. The number of hydrogen-bond acceptors (Lipinski definition) is 4. The maximum atomic E-state index is 11.9. The fourth-order valence-corrected chi connectivity index (χ4v) is 3.00. The summed E-state index contributed by atoms with van der Waals surface area (Å²) in [4.78, 5) is 3.99. The quantitative estimate of drug-likeness (QED) is 0.709. The van der Waals surface area contributed by atoms with Gasteiger partial charge in [-0.25, -0.2) is 13.1 Å². The second kappa shape index (κ2) is 7.57. The smallest absolute Gasteiger partial charge is 0.212 e. The van der Waals surface area contributed by atoms with Gasteiger partial charge in [-0.2, -0.15) is 0 Å². The van der Waals surface area contributed by atoms with Gasteiger partial charge in [-0.05, 0) is 31.5 Å². The second-order valence-corrected chi connectivity index (χ2v) is 6.78. The molecule has 2 N–H and O–H groups in total. The minimum Gasteiger partial charge on any atom is -0.314 e. The lowest BCUT2D eigenvalue weighted by Crippen LogP contribution is -2.31. The summed E-state index contributed by atoms with van der Waals surface area (Å²) in [6, 6.07) is 3.79. The van der Waals surface area contributed by atoms with Gasteiger partial charge >= 0.3 is 0 Å². The highest BCUT2D eigenvalue weighted by atomic mass is 32.2. The lowest BCUT2D eigenvalue weighted by atomic mass is 10.2. The van der Waals surface area contributed by atoms with Crippen LogP contribution in [0.5, 0.6) is 0 Å². The predicted octanol–water partition coefficient (Wildman–Crippen LogP) is 1.45. The van der Waals surface area contributed by atoms with Gasteiger partial charge in [0, 0.05) is 24.5 Å². The predicted molar refractivity (Wildman–Crippen MR) is 77.3 cm³/mol. The molecule has 0 aliphatic carbocycles. The molecule has 0 saturated carbocycles. The van der Waals surface area contributed by atoms with Crippen molar-refractivity contribution in [2.24, 2.45) is 0 Å². The molecule has 0 aromatic carbocycles. The first-order chi connectivity index (χ1) is 8.91. The Kier molecular flexibility index (Phi) is 6.41. The van der Waals surface area contributed by atoms with E-state index in [1.54, 1.807) is 18.5 Å². The van der Waals surface area contributed by atoms with E-state index in [1.165, 1.54) is 0 Å². The zero-order valence-corrected chi connectivity index (χ0v) is 12.6. The lowest BCUT2D eigenvalue weighted by Gasteiger charge is -2.14. The van der Waals surface area contributed by atoms with Gasteiger partial charge in [0.05, 0.1) is 5.75 Å². The number of rotatable bonds is 8. The van der Waals surface area contributed by atoms with E-state index in [0.717, 1.165) is 5.56 Å². The van der Waals surface area contributed by atoms with E-state index >= 15 is 0 Å². The van der Waals surface area contributed by atoms with Gasteiger partial charge in [-0.15, -0.1) is 0 Å². The molecule has 1 heterocycles. The third-order valence-corrected chi connectivity index (χ3v) is 4.22. The van der Waals surface area contributed by atoms with Gasteiger partial charge in [0.25, 0.3) is 0 Å². The van der Waals surface area contributed by atoms with Gasteiger partial charge in [-0.1, -0.05) is 19.9 Å². The summed E-state index contributed by atoms with van der Waals surface area (Å²) >= 11 is 0. The minimum atomic E-state index is -3.24. The zero-order valence-electron chi connectivity index (χ0n) is 11.8. The number of pyridine rings is 1. The summed E-state index contributed by atoms with van der Waals surface area (Å²) < 4.78 is 26.5. The van der Waals surface area contributed by atoms with Crippen molar-refractivity contribution in [2.45, 2.75) is 39.3 Å². The van der Waals surface area contributed by atoms with Crippen LogP contribution in [0.15, 0.2) is 24.5 Å². The number of sulfonamides is 1. The van der Waals surface area contributed by atoms with Crippen LogP contribution in [0, 0.1) is 0 Å². The molecule has 0 aliphatic heterocycles. The summed E-state index contributed by atoms with van der Waals surface area (Å²) in [6.45, 7) is 6.61. The molecule has 5 nitrogen and oxygen atoms in total. The molecular weight excluding hydrogens is 262 g/mol. The summed E-state index contributed by atoms with van der Waals surface area (Å²) in [7, 11) is -3.24. The first-order valence-corrected chi connectivity index (χ1v) is 8.19. The van der Waals surface area contributed by atoms with E-state index in [2.05, 4.69) is 15.0 Å². The van der Waals surface area contributed by atoms with Crippen molar-refractivity contribution in [3.05, 3.63) is 30.1 Å². The minimum absolute atomic E-state index is 0.136. The topological polar surface area (TPSA) is 71.1 Å². The molecule has 0 amide bonds. The number of nitrogens with zero attached hydrogens (tertiary/aromatic N) is 1. The number of aromatic nitrogens is 1. The molecule has 1 aromatic heterocycles. The van der Waals surface area contributed by atoms with Crippen LogP contribution in [0.4, 0.5) is 0 Å². The third kappa shape index (κ3) is 6.66. The molecule has 1 atom stereocenters. The Morgan fingerprint density at radius 1 is 1.32 bits per heavy atom. The molecule has 6 heteroatoms. The molecule has 0 aliphatic rings. The zero-order chi connectivity index (χ0) is 14.3. The van der Waals surface area contributed by atoms with Gasteiger partial charge in [-0.3, -0.25) is 4.98 Å². The Balaban J connectivity index is 2.42. The Morgan fingerprint density at radius 3 is 2.63 bits per heavy atom. The third-order valence-electron chi connectivity index (χ3n) is 2.68. The first-order valence-electron chi connectivity index (χ1n) is 6.54. The summed E-state index contributed by atoms with van der Waals surface area (Å²) in [5, 5.41) is 3.20. The fraction of sp³-hybridized carbons (Fsp3) is 0.615. The molecule has 1 rings (SSSR count). The van der Waals surface area contributed by atoms with Crippen LogP contribution in [0.3, 0.4) is 0 Å². The SMILES string of the molecule is CC(C)NCCCS(=O)(=O)NC(C)c1cccnc1. The molecule has 0 spiro atoms. The van der Waals surface area contributed by atoms with Crippen LogP contribution in [0.2, 0.25) is 0 Å². The fourth-order valence-electron chi connectivity index (χ4n) is 1.68. The highest BCUT2D eigenvalue weighted by molar-refractivity contribution is 7.89. The van der Waals surface area contributed by atoms with Gasteiger partial charge in [0.1, 0.15) is 0 Å². The van der Waals surface area contributed by atoms with Crippen molar-refractivity contribution in [1.82, 2.24) is 15.0 Å². The summed E-state index contributed by atoms with van der Waals surface area (Å²) in [5.41, 5.74) is 0.867. The van der Waals surface area contributed by atoms with Crippen LogP contribution in [-0.2, 0) is 10.0 Å². The molecule has 1 aromatic rings. The molecule has 0 saturated heterocycles. The Morgan fingerprint density at radius 2 is 2.05 bits per heavy atom. The molecule has 1 unspecified atom stereocenters. The van der Waals surface area contributed by atoms with Crippen molar-refractivity contribution in [2.75, 3.05) is 12.3 Å². The number of nitrogens with one attached hydrogen (secondary N) is 2. The van der Waals surface area contributed by atoms with Crippen molar-refractivity contribution in [1.29, 1.82) is 0 Å². The maximum Gasteiger partial charge on any atom is 0.212 e. The van der Waals surface area contributed by atoms with Crippen LogP contribution >= 0.6 is 0 Å². The Labute approximate surface area is 115 Å². The number of hydrogen-bond donors (Lipinski definition) is 2. The molecule has 0 fully saturated rings. The van der Waals surface area contributed by atoms with Crippen LogP contribution in [0.25, 0.3) is 0 Å². The van der Waals surface area contributed by atoms with E-state index in [-0.39, 0.29) is 11.8 Å². The van der Waals surface area contributed by atoms with E-state index in [9.17, 15) is 8.42 Å². The largest absolute Gasteiger partial charge is 0.314 e. The first kappa shape index (κ1) is 16.1. The highest BCUT2D eigenvalue weighted by Gasteiger charge is 2.15. The summed E-state index contributed by atoms with van der Waals surface area (Å²) in [5.74, 6) is 0.136. The second-order valence-electron chi connectivity index (χ2n) is 4.91. The molecule has 19 heavy (non-hydrogen) atoms. The average molecular weight is 285 g/mol. The van der Waals surface area contributed by atoms with E-state index in [4.69, 9.17) is 0 Å². The Hall–Kier alpha value is -0.980. The van der Waals surface area contributed by atoms with E-state index in [0.29, 0.717) is 19.0 Å². The molecule has 108 valence electrons. The highest BCUT2D eigenvalue weighted by Crippen LogP contribution is 2.11. The van der Waals surface area contributed by atoms with E-state index in [1.807, 2.05) is 26.8 Å². The molecule has 0 bridgehead atoms. The molecular formula is C13H23N3O2S. The van der Waals surface area contributed by atoms with Crippen LogP contribution < -0.4 is 10.0 Å². The summed E-state index contributed by atoms with van der Waals surface area (Å²) in [6.07, 6.45) is 3.95. The average Bonchev–Trinajstić information content (AvgIpc) is 2.35. The maximum absolute atomic E-state index is 11.9. The van der Waals surface area contributed by atoms with Gasteiger partial charge in [0.15, 0.2) is 0 Å². The standard InChI is InChI=1S/C13H23N3O2S/c1-11(2)15-8-5-9-19(17,18)16-12(3)13-6-4-7-14-10-13/h4,6-7,10-12,15-16H,5,8-9H2,1-3H3. The van der Waals surface area contributed by atoms with Crippen LogP contribution in [0.1, 0.15) is 38.8 Å². The van der Waals surface area contributed by atoms with Gasteiger partial charge < -0.3 is 5.32 Å². The normalized spacial score (nSPS) is 13.7.